The second-order valence-electron chi connectivity index (χ2n) is 10.0. The number of aromatic nitrogens is 4. The van der Waals surface area contributed by atoms with Crippen molar-refractivity contribution in [1.29, 1.82) is 0 Å². The summed E-state index contributed by atoms with van der Waals surface area (Å²) in [5.41, 5.74) is 0.126. The van der Waals surface area contributed by atoms with Crippen LogP contribution in [0.4, 0.5) is 0 Å². The highest BCUT2D eigenvalue weighted by Gasteiger charge is 2.22. The van der Waals surface area contributed by atoms with Crippen LogP contribution < -0.4 is 21.3 Å². The molecule has 0 atom stereocenters. The summed E-state index contributed by atoms with van der Waals surface area (Å²) in [5, 5.41) is 7.77. The molecule has 4 aromatic rings. The van der Waals surface area contributed by atoms with Gasteiger partial charge in [0.25, 0.3) is 11.5 Å². The second kappa shape index (κ2) is 10.3. The third-order valence-electron chi connectivity index (χ3n) is 7.13. The fraction of sp³-hybridized carbons (Fsp3) is 0.393. The third-order valence-corrected chi connectivity index (χ3v) is 7.13. The molecule has 0 saturated heterocycles. The number of ether oxygens (including phenoxy) is 1. The number of ketones is 1. The maximum Gasteiger partial charge on any atom is 0.352 e. The van der Waals surface area contributed by atoms with Crippen LogP contribution in [0.2, 0.25) is 0 Å². The van der Waals surface area contributed by atoms with Crippen molar-refractivity contribution in [2.24, 2.45) is 0 Å². The Hall–Kier alpha value is -4.21. The standard InChI is InChI=1S/C28H31N5O5/c1-17(2)32-26(36)22-13-12-19(25(35)29-20-9-5-4-6-10-20)15-23(22)33-27(32)30-31(28(33)37)16-24(34)18-8-7-11-21(14-18)38-3/h7-8,11-15,17,20H,4-6,9-10,16H2,1-3H3,(H,29,35). The molecule has 1 saturated carbocycles. The van der Waals surface area contributed by atoms with Gasteiger partial charge >= 0.3 is 5.69 Å². The molecule has 0 bridgehead atoms. The Labute approximate surface area is 218 Å². The van der Waals surface area contributed by atoms with E-state index in [4.69, 9.17) is 4.74 Å². The number of nitrogens with one attached hydrogen (secondary N) is 1. The lowest BCUT2D eigenvalue weighted by molar-refractivity contribution is 0.0926. The number of rotatable bonds is 7. The highest BCUT2D eigenvalue weighted by atomic mass is 16.5. The largest absolute Gasteiger partial charge is 0.497 e. The Morgan fingerprint density at radius 3 is 2.53 bits per heavy atom. The van der Waals surface area contributed by atoms with Crippen LogP contribution in [-0.4, -0.2) is 43.6 Å². The fourth-order valence-electron chi connectivity index (χ4n) is 5.13. The van der Waals surface area contributed by atoms with Gasteiger partial charge in [-0.05, 0) is 57.0 Å². The number of carbonyl (C=O) groups is 2. The van der Waals surface area contributed by atoms with Crippen LogP contribution in [0.25, 0.3) is 16.7 Å². The quantitative estimate of drug-likeness (QED) is 0.376. The average Bonchev–Trinajstić information content (AvgIpc) is 3.23. The first-order chi connectivity index (χ1) is 18.3. The molecule has 38 heavy (non-hydrogen) atoms. The molecule has 10 heteroatoms. The van der Waals surface area contributed by atoms with E-state index in [1.807, 2.05) is 13.8 Å². The van der Waals surface area contributed by atoms with E-state index in [9.17, 15) is 19.2 Å². The fourth-order valence-corrected chi connectivity index (χ4v) is 5.13. The van der Waals surface area contributed by atoms with Gasteiger partial charge in [-0.1, -0.05) is 31.4 Å². The first kappa shape index (κ1) is 25.4. The molecule has 1 amide bonds. The van der Waals surface area contributed by atoms with E-state index in [1.165, 1.54) is 22.5 Å². The van der Waals surface area contributed by atoms with E-state index >= 15 is 0 Å². The zero-order valence-corrected chi connectivity index (χ0v) is 21.8. The predicted octanol–water partition coefficient (Wildman–Crippen LogP) is 3.35. The first-order valence-electron chi connectivity index (χ1n) is 12.9. The van der Waals surface area contributed by atoms with Gasteiger partial charge in [0.15, 0.2) is 5.78 Å². The Bertz CT molecular complexity index is 1660. The highest BCUT2D eigenvalue weighted by Crippen LogP contribution is 2.20. The molecule has 0 radical (unpaired) electrons. The minimum atomic E-state index is -0.569. The van der Waals surface area contributed by atoms with Crippen molar-refractivity contribution in [3.8, 4) is 5.75 Å². The molecule has 10 nitrogen and oxygen atoms in total. The molecule has 1 aliphatic carbocycles. The van der Waals surface area contributed by atoms with Crippen molar-refractivity contribution in [3.05, 3.63) is 74.4 Å². The summed E-state index contributed by atoms with van der Waals surface area (Å²) in [7, 11) is 1.51. The first-order valence-corrected chi connectivity index (χ1v) is 12.9. The molecule has 2 heterocycles. The summed E-state index contributed by atoms with van der Waals surface area (Å²) in [6.07, 6.45) is 5.23. The maximum atomic E-state index is 13.6. The molecule has 1 N–H and O–H groups in total. The minimum absolute atomic E-state index is 0.116. The maximum absolute atomic E-state index is 13.6. The molecular weight excluding hydrogens is 486 g/mol. The van der Waals surface area contributed by atoms with Gasteiger partial charge in [-0.15, -0.1) is 5.10 Å². The Morgan fingerprint density at radius 2 is 1.82 bits per heavy atom. The lowest BCUT2D eigenvalue weighted by Crippen LogP contribution is -2.36. The zero-order valence-electron chi connectivity index (χ0n) is 21.8. The molecule has 2 aromatic carbocycles. The number of amides is 1. The Morgan fingerprint density at radius 1 is 1.05 bits per heavy atom. The second-order valence-corrected chi connectivity index (χ2v) is 10.0. The van der Waals surface area contributed by atoms with Gasteiger partial charge in [-0.3, -0.25) is 19.0 Å². The molecule has 0 aliphatic heterocycles. The summed E-state index contributed by atoms with van der Waals surface area (Å²) in [6, 6.07) is 11.2. The monoisotopic (exact) mass is 517 g/mol. The zero-order chi connectivity index (χ0) is 27.0. The van der Waals surface area contributed by atoms with Crippen LogP contribution in [0, 0.1) is 0 Å². The Kier molecular flexibility index (Phi) is 6.88. The number of fused-ring (bicyclic) bond motifs is 3. The number of benzene rings is 2. The van der Waals surface area contributed by atoms with Crippen LogP contribution in [0.3, 0.4) is 0 Å². The number of hydrogen-bond donors (Lipinski definition) is 1. The van der Waals surface area contributed by atoms with E-state index in [-0.39, 0.29) is 47.2 Å². The molecule has 0 spiro atoms. The van der Waals surface area contributed by atoms with Gasteiger partial charge in [0.2, 0.25) is 5.78 Å². The normalized spacial score (nSPS) is 14.3. The molecule has 5 rings (SSSR count). The SMILES string of the molecule is COc1cccc(C(=O)Cn2nc3n(C(C)C)c(=O)c4ccc(C(=O)NC5CCCCC5)cc4n3c2=O)c1. The molecular formula is C28H31N5O5. The van der Waals surface area contributed by atoms with Crippen molar-refractivity contribution in [3.63, 3.8) is 0 Å². The topological polar surface area (TPSA) is 117 Å². The predicted molar refractivity (Wildman–Crippen MR) is 143 cm³/mol. The summed E-state index contributed by atoms with van der Waals surface area (Å²) in [6.45, 7) is 3.33. The van der Waals surface area contributed by atoms with E-state index in [0.717, 1.165) is 30.4 Å². The lowest BCUT2D eigenvalue weighted by Gasteiger charge is -2.22. The number of hydrogen-bond acceptors (Lipinski definition) is 6. The van der Waals surface area contributed by atoms with Crippen molar-refractivity contribution in [2.75, 3.05) is 7.11 Å². The molecule has 2 aromatic heterocycles. The summed E-state index contributed by atoms with van der Waals surface area (Å²) in [4.78, 5) is 53.1. The van der Waals surface area contributed by atoms with Crippen molar-refractivity contribution in [1.82, 2.24) is 24.1 Å². The summed E-state index contributed by atoms with van der Waals surface area (Å²) in [5.74, 6) is 0.0704. The van der Waals surface area contributed by atoms with E-state index < -0.39 is 5.69 Å². The molecule has 1 aliphatic rings. The third kappa shape index (κ3) is 4.62. The molecule has 0 unspecified atom stereocenters. The van der Waals surface area contributed by atoms with Crippen LogP contribution in [0.5, 0.6) is 5.75 Å². The van der Waals surface area contributed by atoms with Crippen LogP contribution in [0.1, 0.15) is 72.7 Å². The average molecular weight is 518 g/mol. The molecule has 198 valence electrons. The number of methoxy groups -OCH3 is 1. The van der Waals surface area contributed by atoms with Crippen LogP contribution in [-0.2, 0) is 6.54 Å². The summed E-state index contributed by atoms with van der Waals surface area (Å²) < 4.78 is 9.00. The van der Waals surface area contributed by atoms with Gasteiger partial charge in [0.1, 0.15) is 12.3 Å². The van der Waals surface area contributed by atoms with E-state index in [0.29, 0.717) is 22.3 Å². The smallest absolute Gasteiger partial charge is 0.352 e. The van der Waals surface area contributed by atoms with Gasteiger partial charge in [0, 0.05) is 23.2 Å². The highest BCUT2D eigenvalue weighted by molar-refractivity contribution is 5.98. The van der Waals surface area contributed by atoms with E-state index in [1.54, 1.807) is 42.5 Å². The number of carbonyl (C=O) groups excluding carboxylic acids is 2. The minimum Gasteiger partial charge on any atom is -0.497 e. The molecule has 1 fully saturated rings. The van der Waals surface area contributed by atoms with Crippen molar-refractivity contribution in [2.45, 2.75) is 64.6 Å². The van der Waals surface area contributed by atoms with Crippen molar-refractivity contribution < 1.29 is 14.3 Å². The van der Waals surface area contributed by atoms with Gasteiger partial charge in [0.05, 0.1) is 18.0 Å². The van der Waals surface area contributed by atoms with E-state index in [2.05, 4.69) is 10.4 Å². The van der Waals surface area contributed by atoms with Gasteiger partial charge < -0.3 is 10.1 Å². The van der Waals surface area contributed by atoms with Crippen LogP contribution in [0.15, 0.2) is 52.1 Å². The van der Waals surface area contributed by atoms with Gasteiger partial charge in [-0.2, -0.15) is 0 Å². The van der Waals surface area contributed by atoms with Gasteiger partial charge in [-0.25, -0.2) is 13.9 Å². The van der Waals surface area contributed by atoms with Crippen LogP contribution >= 0.6 is 0 Å². The summed E-state index contributed by atoms with van der Waals surface area (Å²) >= 11 is 0. The Balaban J connectivity index is 1.61. The number of Topliss-reactive ketones (excluding diaryl/α,β-unsaturated/α-hetero) is 1. The lowest BCUT2D eigenvalue weighted by atomic mass is 9.95. The van der Waals surface area contributed by atoms with Crippen molar-refractivity contribution >= 4 is 28.4 Å². The number of nitrogens with zero attached hydrogens (tertiary/aromatic N) is 4.